The van der Waals surface area contributed by atoms with Gasteiger partial charge >= 0.3 is 0 Å². The van der Waals surface area contributed by atoms with Crippen LogP contribution in [0.25, 0.3) is 0 Å². The standard InChI is InChI=1S/C11H21N3S/c1-3-5-6-11(9-15)14-8-10(12)7-13-4-2/h4,7-8,11,13,15H,2-3,5-6,9,12H2,1H3/b10-7+,14-8-. The van der Waals surface area contributed by atoms with Gasteiger partial charge in [0.05, 0.1) is 11.7 Å². The monoisotopic (exact) mass is 227 g/mol. The van der Waals surface area contributed by atoms with Crippen LogP contribution in [-0.2, 0) is 0 Å². The van der Waals surface area contributed by atoms with E-state index in [-0.39, 0.29) is 6.04 Å². The van der Waals surface area contributed by atoms with E-state index >= 15 is 0 Å². The number of nitrogens with two attached hydrogens (primary N) is 1. The maximum Gasteiger partial charge on any atom is 0.0658 e. The lowest BCUT2D eigenvalue weighted by atomic mass is 10.1. The minimum absolute atomic E-state index is 0.268. The Bertz CT molecular complexity index is 224. The lowest BCUT2D eigenvalue weighted by molar-refractivity contribution is 0.626. The van der Waals surface area contributed by atoms with Gasteiger partial charge in [0.2, 0.25) is 0 Å². The molecule has 0 spiro atoms. The quantitative estimate of drug-likeness (QED) is 0.439. The molecule has 0 aromatic rings. The van der Waals surface area contributed by atoms with Crippen molar-refractivity contribution in [2.45, 2.75) is 32.2 Å². The zero-order chi connectivity index (χ0) is 11.5. The van der Waals surface area contributed by atoms with Gasteiger partial charge in [-0.1, -0.05) is 26.3 Å². The average molecular weight is 227 g/mol. The summed E-state index contributed by atoms with van der Waals surface area (Å²) in [5.41, 5.74) is 6.26. The lowest BCUT2D eigenvalue weighted by Gasteiger charge is -2.07. The number of nitrogens with one attached hydrogen (secondary N) is 1. The molecule has 3 N–H and O–H groups in total. The molecule has 1 unspecified atom stereocenters. The predicted octanol–water partition coefficient (Wildman–Crippen LogP) is 2.08. The van der Waals surface area contributed by atoms with Crippen molar-refractivity contribution in [3.63, 3.8) is 0 Å². The highest BCUT2D eigenvalue weighted by Crippen LogP contribution is 2.05. The summed E-state index contributed by atoms with van der Waals surface area (Å²) < 4.78 is 0. The molecular weight excluding hydrogens is 206 g/mol. The van der Waals surface area contributed by atoms with Crippen LogP contribution in [0.1, 0.15) is 26.2 Å². The van der Waals surface area contributed by atoms with Crippen LogP contribution in [-0.4, -0.2) is 18.0 Å². The Kier molecular flexibility index (Phi) is 9.07. The van der Waals surface area contributed by atoms with E-state index in [9.17, 15) is 0 Å². The average Bonchev–Trinajstić information content (AvgIpc) is 2.26. The van der Waals surface area contributed by atoms with Crippen LogP contribution >= 0.6 is 12.6 Å². The zero-order valence-electron chi connectivity index (χ0n) is 9.32. The molecule has 3 nitrogen and oxygen atoms in total. The van der Waals surface area contributed by atoms with Gasteiger partial charge in [0.15, 0.2) is 0 Å². The third-order valence-corrected chi connectivity index (χ3v) is 2.33. The van der Waals surface area contributed by atoms with Crippen molar-refractivity contribution in [3.8, 4) is 0 Å². The topological polar surface area (TPSA) is 50.4 Å². The van der Waals surface area contributed by atoms with E-state index in [2.05, 4.69) is 36.4 Å². The highest BCUT2D eigenvalue weighted by molar-refractivity contribution is 7.80. The van der Waals surface area contributed by atoms with Gasteiger partial charge in [0.1, 0.15) is 0 Å². The van der Waals surface area contributed by atoms with Gasteiger partial charge in [-0.3, -0.25) is 4.99 Å². The molecule has 0 saturated carbocycles. The highest BCUT2D eigenvalue weighted by Gasteiger charge is 2.01. The first-order valence-corrected chi connectivity index (χ1v) is 5.84. The maximum absolute atomic E-state index is 5.67. The Morgan fingerprint density at radius 3 is 2.93 bits per heavy atom. The summed E-state index contributed by atoms with van der Waals surface area (Å²) in [5.74, 6) is 0.763. The summed E-state index contributed by atoms with van der Waals surface area (Å²) in [6, 6.07) is 0.268. The molecule has 0 aromatic heterocycles. The maximum atomic E-state index is 5.67. The Morgan fingerprint density at radius 2 is 2.40 bits per heavy atom. The van der Waals surface area contributed by atoms with Crippen molar-refractivity contribution in [1.82, 2.24) is 5.32 Å². The molecule has 0 saturated heterocycles. The Hall–Kier alpha value is -0.900. The normalized spacial score (nSPS) is 14.1. The summed E-state index contributed by atoms with van der Waals surface area (Å²) in [6.45, 7) is 5.68. The molecule has 0 aliphatic rings. The fourth-order valence-electron chi connectivity index (χ4n) is 1.04. The van der Waals surface area contributed by atoms with E-state index in [4.69, 9.17) is 5.73 Å². The molecular formula is C11H21N3S. The number of aliphatic imine (C=N–C) groups is 1. The van der Waals surface area contributed by atoms with Crippen molar-refractivity contribution in [2.24, 2.45) is 10.7 Å². The van der Waals surface area contributed by atoms with E-state index in [1.54, 1.807) is 18.6 Å². The second kappa shape index (κ2) is 9.65. The van der Waals surface area contributed by atoms with Crippen LogP contribution in [0, 0.1) is 0 Å². The number of allylic oxidation sites excluding steroid dienone is 1. The van der Waals surface area contributed by atoms with Gasteiger partial charge in [-0.05, 0) is 12.6 Å². The van der Waals surface area contributed by atoms with Crippen LogP contribution in [0.2, 0.25) is 0 Å². The van der Waals surface area contributed by atoms with E-state index in [0.29, 0.717) is 5.70 Å². The fraction of sp³-hybridized carbons (Fsp3) is 0.545. The second-order valence-corrected chi connectivity index (χ2v) is 3.64. The number of thiol groups is 1. The van der Waals surface area contributed by atoms with Crippen molar-refractivity contribution < 1.29 is 0 Å². The Morgan fingerprint density at radius 1 is 1.67 bits per heavy atom. The first-order chi connectivity index (χ1) is 7.24. The van der Waals surface area contributed by atoms with E-state index in [1.165, 1.54) is 12.8 Å². The summed E-state index contributed by atoms with van der Waals surface area (Å²) >= 11 is 4.26. The molecule has 0 heterocycles. The molecule has 0 radical (unpaired) electrons. The fourth-order valence-corrected chi connectivity index (χ4v) is 1.31. The smallest absolute Gasteiger partial charge is 0.0658 e. The number of hydrogen-bond acceptors (Lipinski definition) is 4. The summed E-state index contributed by atoms with van der Waals surface area (Å²) in [6.07, 6.45) is 8.33. The van der Waals surface area contributed by atoms with Crippen molar-refractivity contribution >= 4 is 18.8 Å². The molecule has 1 atom stereocenters. The van der Waals surface area contributed by atoms with Gasteiger partial charge in [0.25, 0.3) is 0 Å². The van der Waals surface area contributed by atoms with Gasteiger partial charge in [-0.15, -0.1) is 0 Å². The Labute approximate surface area is 97.9 Å². The third-order valence-electron chi connectivity index (χ3n) is 1.90. The van der Waals surface area contributed by atoms with E-state index < -0.39 is 0 Å². The van der Waals surface area contributed by atoms with Crippen LogP contribution in [0.4, 0.5) is 0 Å². The molecule has 0 rings (SSSR count). The minimum Gasteiger partial charge on any atom is -0.396 e. The highest BCUT2D eigenvalue weighted by atomic mass is 32.1. The molecule has 0 aromatic carbocycles. The number of nitrogens with zero attached hydrogens (tertiary/aromatic N) is 1. The molecule has 15 heavy (non-hydrogen) atoms. The first-order valence-electron chi connectivity index (χ1n) is 5.21. The third kappa shape index (κ3) is 8.12. The predicted molar refractivity (Wildman–Crippen MR) is 71.3 cm³/mol. The van der Waals surface area contributed by atoms with E-state index in [1.807, 2.05) is 0 Å². The minimum atomic E-state index is 0.268. The molecule has 0 bridgehead atoms. The zero-order valence-corrected chi connectivity index (χ0v) is 10.2. The molecule has 0 fully saturated rings. The summed E-state index contributed by atoms with van der Waals surface area (Å²) in [7, 11) is 0. The molecule has 4 heteroatoms. The summed E-state index contributed by atoms with van der Waals surface area (Å²) in [5, 5.41) is 2.80. The SMILES string of the molecule is C=CN/C=C(N)\C=N/C(CS)CCCC. The number of rotatable bonds is 8. The molecule has 0 aliphatic heterocycles. The van der Waals surface area contributed by atoms with Gasteiger partial charge in [-0.2, -0.15) is 12.6 Å². The van der Waals surface area contributed by atoms with Crippen molar-refractivity contribution in [1.29, 1.82) is 0 Å². The van der Waals surface area contributed by atoms with E-state index in [0.717, 1.165) is 12.2 Å². The second-order valence-electron chi connectivity index (χ2n) is 3.27. The largest absolute Gasteiger partial charge is 0.396 e. The van der Waals surface area contributed by atoms with Crippen molar-refractivity contribution in [2.75, 3.05) is 5.75 Å². The van der Waals surface area contributed by atoms with Crippen LogP contribution in [0.15, 0.2) is 29.7 Å². The molecule has 86 valence electrons. The lowest BCUT2D eigenvalue weighted by Crippen LogP contribution is -2.10. The van der Waals surface area contributed by atoms with Crippen LogP contribution in [0.5, 0.6) is 0 Å². The van der Waals surface area contributed by atoms with Crippen molar-refractivity contribution in [3.05, 3.63) is 24.7 Å². The molecule has 0 amide bonds. The van der Waals surface area contributed by atoms with Gasteiger partial charge < -0.3 is 11.1 Å². The van der Waals surface area contributed by atoms with Crippen LogP contribution in [0.3, 0.4) is 0 Å². The Balaban J connectivity index is 4.03. The first kappa shape index (κ1) is 14.1. The number of unbranched alkanes of at least 4 members (excludes halogenated alkanes) is 1. The van der Waals surface area contributed by atoms with Crippen LogP contribution < -0.4 is 11.1 Å². The summed E-state index contributed by atoms with van der Waals surface area (Å²) in [4.78, 5) is 4.36. The van der Waals surface area contributed by atoms with Gasteiger partial charge in [0, 0.05) is 18.2 Å². The van der Waals surface area contributed by atoms with Gasteiger partial charge in [-0.25, -0.2) is 0 Å². The molecule has 0 aliphatic carbocycles. The number of hydrogen-bond donors (Lipinski definition) is 3.